The molecule has 102 valence electrons. The number of nitriles is 1. The van der Waals surface area contributed by atoms with E-state index >= 15 is 0 Å². The van der Waals surface area contributed by atoms with Crippen LogP contribution >= 0.6 is 0 Å². The van der Waals surface area contributed by atoms with Gasteiger partial charge in [-0.05, 0) is 19.1 Å². The maximum Gasteiger partial charge on any atom is 0.309 e. The van der Waals surface area contributed by atoms with Gasteiger partial charge in [-0.25, -0.2) is 0 Å². The van der Waals surface area contributed by atoms with E-state index in [1.165, 1.54) is 6.07 Å². The Morgan fingerprint density at radius 2 is 2.30 bits per heavy atom. The van der Waals surface area contributed by atoms with Crippen LogP contribution in [0.5, 0.6) is 0 Å². The van der Waals surface area contributed by atoms with Crippen molar-refractivity contribution in [2.75, 3.05) is 5.32 Å². The number of aromatic nitrogens is 2. The quantitative estimate of drug-likeness (QED) is 0.678. The van der Waals surface area contributed by atoms with E-state index in [4.69, 9.17) is 5.26 Å². The molecule has 2 aromatic rings. The Morgan fingerprint density at radius 1 is 1.55 bits per heavy atom. The molecule has 0 atom stereocenters. The van der Waals surface area contributed by atoms with Gasteiger partial charge in [0.1, 0.15) is 17.3 Å². The molecule has 0 aliphatic heterocycles. The van der Waals surface area contributed by atoms with E-state index in [9.17, 15) is 10.1 Å². The zero-order chi connectivity index (χ0) is 14.7. The lowest BCUT2D eigenvalue weighted by atomic mass is 10.1. The summed E-state index contributed by atoms with van der Waals surface area (Å²) >= 11 is 0. The molecule has 0 unspecified atom stereocenters. The van der Waals surface area contributed by atoms with Crippen molar-refractivity contribution in [2.24, 2.45) is 7.05 Å². The monoisotopic (exact) mass is 271 g/mol. The fourth-order valence-corrected chi connectivity index (χ4v) is 1.88. The van der Waals surface area contributed by atoms with Gasteiger partial charge in [0, 0.05) is 24.8 Å². The summed E-state index contributed by atoms with van der Waals surface area (Å²) in [5.74, 6) is 0. The van der Waals surface area contributed by atoms with E-state index in [1.54, 1.807) is 23.0 Å². The van der Waals surface area contributed by atoms with Gasteiger partial charge in [-0.3, -0.25) is 14.8 Å². The van der Waals surface area contributed by atoms with Crippen molar-refractivity contribution in [3.63, 3.8) is 0 Å². The molecule has 0 bridgehead atoms. The SMILES string of the molecule is Cc1c(CNc2cccc(C#N)c2[N+](=O)[O-])cnn1C. The smallest absolute Gasteiger partial charge is 0.309 e. The number of nitrogens with zero attached hydrogens (tertiary/aromatic N) is 4. The number of nitrogens with one attached hydrogen (secondary N) is 1. The molecule has 7 heteroatoms. The van der Waals surface area contributed by atoms with Crippen molar-refractivity contribution >= 4 is 11.4 Å². The van der Waals surface area contributed by atoms with Gasteiger partial charge in [0.05, 0.1) is 11.1 Å². The van der Waals surface area contributed by atoms with Crippen LogP contribution in [0.25, 0.3) is 0 Å². The highest BCUT2D eigenvalue weighted by molar-refractivity contribution is 5.68. The van der Waals surface area contributed by atoms with E-state index in [1.807, 2.05) is 20.0 Å². The van der Waals surface area contributed by atoms with Crippen molar-refractivity contribution in [3.05, 3.63) is 51.3 Å². The normalized spacial score (nSPS) is 10.1. The standard InChI is InChI=1S/C13H13N5O2/c1-9-11(8-16-17(9)2)7-15-12-5-3-4-10(6-14)13(12)18(19)20/h3-5,8,15H,7H2,1-2H3. The molecule has 2 rings (SSSR count). The largest absolute Gasteiger partial charge is 0.375 e. The number of benzene rings is 1. The number of hydrogen-bond acceptors (Lipinski definition) is 5. The summed E-state index contributed by atoms with van der Waals surface area (Å²) in [6.45, 7) is 2.33. The Kier molecular flexibility index (Phi) is 3.66. The summed E-state index contributed by atoms with van der Waals surface area (Å²) in [5, 5.41) is 27.1. The molecule has 0 amide bonds. The lowest BCUT2D eigenvalue weighted by molar-refractivity contribution is -0.384. The van der Waals surface area contributed by atoms with Crippen LogP contribution in [0.2, 0.25) is 0 Å². The third-order valence-corrected chi connectivity index (χ3v) is 3.15. The third-order valence-electron chi connectivity index (χ3n) is 3.15. The summed E-state index contributed by atoms with van der Waals surface area (Å²) in [6.07, 6.45) is 1.71. The zero-order valence-corrected chi connectivity index (χ0v) is 11.1. The predicted octanol–water partition coefficient (Wildman–Crippen LogP) is 2.12. The van der Waals surface area contributed by atoms with Crippen molar-refractivity contribution in [2.45, 2.75) is 13.5 Å². The molecule has 0 saturated carbocycles. The molecule has 20 heavy (non-hydrogen) atoms. The number of para-hydroxylation sites is 1. The summed E-state index contributed by atoms with van der Waals surface area (Å²) in [7, 11) is 1.83. The first kappa shape index (κ1) is 13.5. The van der Waals surface area contributed by atoms with Gasteiger partial charge in [-0.15, -0.1) is 0 Å². The molecule has 0 aliphatic rings. The Morgan fingerprint density at radius 3 is 2.85 bits per heavy atom. The first-order valence-corrected chi connectivity index (χ1v) is 5.93. The average Bonchev–Trinajstić information content (AvgIpc) is 2.75. The Balaban J connectivity index is 2.28. The van der Waals surface area contributed by atoms with Crippen LogP contribution < -0.4 is 5.32 Å². The minimum Gasteiger partial charge on any atom is -0.375 e. The van der Waals surface area contributed by atoms with Crippen molar-refractivity contribution in [1.82, 2.24) is 9.78 Å². The molecular weight excluding hydrogens is 258 g/mol. The fraction of sp³-hybridized carbons (Fsp3) is 0.231. The van der Waals surface area contributed by atoms with Crippen LogP contribution in [0, 0.1) is 28.4 Å². The van der Waals surface area contributed by atoms with Crippen molar-refractivity contribution in [1.29, 1.82) is 5.26 Å². The zero-order valence-electron chi connectivity index (χ0n) is 11.1. The number of rotatable bonds is 4. The van der Waals surface area contributed by atoms with Gasteiger partial charge in [-0.1, -0.05) is 6.07 Å². The third kappa shape index (κ3) is 2.44. The van der Waals surface area contributed by atoms with Gasteiger partial charge in [0.25, 0.3) is 0 Å². The molecular formula is C13H13N5O2. The molecule has 0 aliphatic carbocycles. The lowest BCUT2D eigenvalue weighted by Gasteiger charge is -2.07. The fourth-order valence-electron chi connectivity index (χ4n) is 1.88. The molecule has 1 aromatic carbocycles. The van der Waals surface area contributed by atoms with Gasteiger partial charge >= 0.3 is 5.69 Å². The van der Waals surface area contributed by atoms with Crippen molar-refractivity contribution < 1.29 is 4.92 Å². The first-order chi connectivity index (χ1) is 9.54. The second kappa shape index (κ2) is 5.40. The number of aryl methyl sites for hydroxylation is 1. The maximum absolute atomic E-state index is 11.1. The molecule has 1 heterocycles. The Hall–Kier alpha value is -2.88. The van der Waals surface area contributed by atoms with Crippen LogP contribution in [0.15, 0.2) is 24.4 Å². The highest BCUT2D eigenvalue weighted by Gasteiger charge is 2.19. The van der Waals surface area contributed by atoms with E-state index in [0.29, 0.717) is 12.2 Å². The van der Waals surface area contributed by atoms with Crippen LogP contribution in [0.3, 0.4) is 0 Å². The summed E-state index contributed by atoms with van der Waals surface area (Å²) in [6, 6.07) is 6.47. The van der Waals surface area contributed by atoms with Crippen molar-refractivity contribution in [3.8, 4) is 6.07 Å². The predicted molar refractivity (Wildman–Crippen MR) is 73.1 cm³/mol. The first-order valence-electron chi connectivity index (χ1n) is 5.93. The van der Waals surface area contributed by atoms with E-state index < -0.39 is 4.92 Å². The maximum atomic E-state index is 11.1. The van der Waals surface area contributed by atoms with Gasteiger partial charge in [0.15, 0.2) is 0 Å². The van der Waals surface area contributed by atoms with Crippen LogP contribution in [0.4, 0.5) is 11.4 Å². The van der Waals surface area contributed by atoms with Crippen LogP contribution in [-0.4, -0.2) is 14.7 Å². The topological polar surface area (TPSA) is 96.8 Å². The average molecular weight is 271 g/mol. The molecule has 0 saturated heterocycles. The van der Waals surface area contributed by atoms with Crippen LogP contribution in [0.1, 0.15) is 16.8 Å². The Bertz CT molecular complexity index is 699. The number of hydrogen-bond donors (Lipinski definition) is 1. The van der Waals surface area contributed by atoms with Crippen LogP contribution in [-0.2, 0) is 13.6 Å². The summed E-state index contributed by atoms with van der Waals surface area (Å²) in [4.78, 5) is 10.5. The Labute approximate surface area is 115 Å². The number of anilines is 1. The highest BCUT2D eigenvalue weighted by Crippen LogP contribution is 2.28. The van der Waals surface area contributed by atoms with E-state index in [0.717, 1.165) is 11.3 Å². The molecule has 0 radical (unpaired) electrons. The minimum atomic E-state index is -0.545. The summed E-state index contributed by atoms with van der Waals surface area (Å²) < 4.78 is 1.73. The number of nitro benzene ring substituents is 1. The van der Waals surface area contributed by atoms with Gasteiger partial charge in [-0.2, -0.15) is 10.4 Å². The molecule has 7 nitrogen and oxygen atoms in total. The summed E-state index contributed by atoms with van der Waals surface area (Å²) in [5.41, 5.74) is 2.11. The van der Waals surface area contributed by atoms with E-state index in [-0.39, 0.29) is 11.3 Å². The number of nitro groups is 1. The molecule has 0 spiro atoms. The second-order valence-corrected chi connectivity index (χ2v) is 4.30. The highest BCUT2D eigenvalue weighted by atomic mass is 16.6. The molecule has 0 fully saturated rings. The molecule has 1 N–H and O–H groups in total. The van der Waals surface area contributed by atoms with Gasteiger partial charge in [0.2, 0.25) is 0 Å². The van der Waals surface area contributed by atoms with Gasteiger partial charge < -0.3 is 5.32 Å². The second-order valence-electron chi connectivity index (χ2n) is 4.30. The minimum absolute atomic E-state index is 0.0444. The molecule has 1 aromatic heterocycles. The lowest BCUT2D eigenvalue weighted by Crippen LogP contribution is -2.05. The van der Waals surface area contributed by atoms with E-state index in [2.05, 4.69) is 10.4 Å².